The van der Waals surface area contributed by atoms with Gasteiger partial charge in [-0.05, 0) is 26.0 Å². The summed E-state index contributed by atoms with van der Waals surface area (Å²) >= 11 is 5.40. The molecule has 0 saturated carbocycles. The van der Waals surface area contributed by atoms with Gasteiger partial charge in [0.1, 0.15) is 10.8 Å². The fourth-order valence-corrected chi connectivity index (χ4v) is 1.98. The average molecular weight is 319 g/mol. The van der Waals surface area contributed by atoms with Crippen molar-refractivity contribution in [2.75, 3.05) is 19.6 Å². The van der Waals surface area contributed by atoms with Crippen LogP contribution in [-0.4, -0.2) is 36.3 Å². The summed E-state index contributed by atoms with van der Waals surface area (Å²) in [4.78, 5) is 25.1. The van der Waals surface area contributed by atoms with Crippen LogP contribution in [0.4, 0.5) is 8.78 Å². The van der Waals surface area contributed by atoms with Crippen LogP contribution in [0.25, 0.3) is 0 Å². The van der Waals surface area contributed by atoms with E-state index in [9.17, 15) is 18.4 Å². The highest BCUT2D eigenvalue weighted by molar-refractivity contribution is 6.31. The number of hydrogen-bond acceptors (Lipinski definition) is 2. The molecule has 0 spiro atoms. The molecule has 21 heavy (non-hydrogen) atoms. The lowest BCUT2D eigenvalue weighted by atomic mass is 10.2. The van der Waals surface area contributed by atoms with Crippen molar-refractivity contribution in [3.05, 3.63) is 34.4 Å². The molecular formula is C14H17ClF2N2O2. The number of hydrogen-bond donors (Lipinski definition) is 1. The Balaban J connectivity index is 2.59. The van der Waals surface area contributed by atoms with Gasteiger partial charge in [-0.2, -0.15) is 0 Å². The number of carbonyl (C=O) groups is 2. The molecule has 0 aliphatic rings. The molecule has 0 saturated heterocycles. The lowest BCUT2D eigenvalue weighted by Gasteiger charge is -2.18. The van der Waals surface area contributed by atoms with Gasteiger partial charge in [0.25, 0.3) is 5.91 Å². The van der Waals surface area contributed by atoms with E-state index in [0.717, 1.165) is 12.1 Å². The zero-order valence-electron chi connectivity index (χ0n) is 11.9. The van der Waals surface area contributed by atoms with Crippen molar-refractivity contribution in [3.8, 4) is 0 Å². The third-order valence-electron chi connectivity index (χ3n) is 3.02. The van der Waals surface area contributed by atoms with Crippen LogP contribution in [0.3, 0.4) is 0 Å². The van der Waals surface area contributed by atoms with E-state index in [4.69, 9.17) is 11.6 Å². The summed E-state index contributed by atoms with van der Waals surface area (Å²) in [6.45, 7) is 4.96. The van der Waals surface area contributed by atoms with Crippen LogP contribution in [0.2, 0.25) is 5.02 Å². The summed E-state index contributed by atoms with van der Waals surface area (Å²) in [5, 5.41) is 1.69. The summed E-state index contributed by atoms with van der Waals surface area (Å²) in [6, 6.07) is 1.93. The Morgan fingerprint density at radius 1 is 1.24 bits per heavy atom. The predicted molar refractivity (Wildman–Crippen MR) is 76.2 cm³/mol. The fourth-order valence-electron chi connectivity index (χ4n) is 1.81. The molecule has 7 heteroatoms. The quantitative estimate of drug-likeness (QED) is 0.820. The number of amides is 2. The minimum Gasteiger partial charge on any atom is -0.351 e. The molecule has 1 N–H and O–H groups in total. The molecule has 1 aromatic carbocycles. The number of nitrogens with zero attached hydrogens (tertiary/aromatic N) is 1. The summed E-state index contributed by atoms with van der Waals surface area (Å²) in [6.07, 6.45) is 0.115. The minimum absolute atomic E-state index is 0.0720. The molecule has 116 valence electrons. The molecular weight excluding hydrogens is 302 g/mol. The van der Waals surface area contributed by atoms with E-state index in [1.165, 1.54) is 0 Å². The summed E-state index contributed by atoms with van der Waals surface area (Å²) in [5.41, 5.74) is -0.350. The van der Waals surface area contributed by atoms with E-state index in [0.29, 0.717) is 13.1 Å². The lowest BCUT2D eigenvalue weighted by Crippen LogP contribution is -2.34. The minimum atomic E-state index is -1.11. The Bertz CT molecular complexity index is 534. The Morgan fingerprint density at radius 3 is 2.43 bits per heavy atom. The van der Waals surface area contributed by atoms with Gasteiger partial charge in [-0.15, -0.1) is 0 Å². The molecule has 1 rings (SSSR count). The van der Waals surface area contributed by atoms with Gasteiger partial charge in [0, 0.05) is 26.1 Å². The molecule has 0 radical (unpaired) electrons. The van der Waals surface area contributed by atoms with Crippen LogP contribution in [0.1, 0.15) is 30.6 Å². The second-order valence-electron chi connectivity index (χ2n) is 4.29. The van der Waals surface area contributed by atoms with Crippen molar-refractivity contribution in [1.82, 2.24) is 10.2 Å². The maximum Gasteiger partial charge on any atom is 0.254 e. The summed E-state index contributed by atoms with van der Waals surface area (Å²) in [5.74, 6) is -2.87. The Labute approximate surface area is 127 Å². The maximum atomic E-state index is 13.6. The number of carbonyl (C=O) groups excluding carboxylic acids is 2. The van der Waals surface area contributed by atoms with Gasteiger partial charge in [-0.25, -0.2) is 8.78 Å². The van der Waals surface area contributed by atoms with E-state index in [-0.39, 0.29) is 24.4 Å². The molecule has 0 aliphatic heterocycles. The van der Waals surface area contributed by atoms with Crippen molar-refractivity contribution in [1.29, 1.82) is 0 Å². The second-order valence-corrected chi connectivity index (χ2v) is 4.67. The number of rotatable bonds is 6. The molecule has 0 unspecified atom stereocenters. The highest BCUT2D eigenvalue weighted by atomic mass is 35.5. The van der Waals surface area contributed by atoms with E-state index >= 15 is 0 Å². The first-order chi connectivity index (χ1) is 9.92. The fraction of sp³-hybridized carbons (Fsp3) is 0.429. The Hall–Kier alpha value is -1.69. The van der Waals surface area contributed by atoms with Gasteiger partial charge in [-0.1, -0.05) is 11.6 Å². The van der Waals surface area contributed by atoms with Gasteiger partial charge in [0.15, 0.2) is 5.82 Å². The third kappa shape index (κ3) is 4.39. The molecule has 2 amide bonds. The van der Waals surface area contributed by atoms with E-state index in [1.807, 2.05) is 13.8 Å². The van der Waals surface area contributed by atoms with Crippen molar-refractivity contribution >= 4 is 23.4 Å². The molecule has 0 aliphatic carbocycles. The zero-order valence-corrected chi connectivity index (χ0v) is 12.6. The first-order valence-corrected chi connectivity index (χ1v) is 6.99. The number of halogens is 3. The van der Waals surface area contributed by atoms with E-state index in [2.05, 4.69) is 5.32 Å². The second kappa shape index (κ2) is 7.93. The monoisotopic (exact) mass is 318 g/mol. The number of benzene rings is 1. The van der Waals surface area contributed by atoms with Gasteiger partial charge in [-0.3, -0.25) is 9.59 Å². The number of nitrogens with one attached hydrogen (secondary N) is 1. The van der Waals surface area contributed by atoms with E-state index < -0.39 is 22.6 Å². The summed E-state index contributed by atoms with van der Waals surface area (Å²) in [7, 11) is 0. The SMILES string of the molecule is CCN(CC)C(=O)CCNC(=O)c1ccc(F)c(Cl)c1F. The van der Waals surface area contributed by atoms with Gasteiger partial charge >= 0.3 is 0 Å². The standard InChI is InChI=1S/C14H17ClF2N2O2/c1-3-19(4-2)11(20)7-8-18-14(21)9-5-6-10(16)12(15)13(9)17/h5-6H,3-4,7-8H2,1-2H3,(H,18,21). The largest absolute Gasteiger partial charge is 0.351 e. The van der Waals surface area contributed by atoms with Crippen LogP contribution >= 0.6 is 11.6 Å². The van der Waals surface area contributed by atoms with Crippen molar-refractivity contribution < 1.29 is 18.4 Å². The molecule has 0 heterocycles. The topological polar surface area (TPSA) is 49.4 Å². The molecule has 0 fully saturated rings. The Kier molecular flexibility index (Phi) is 6.55. The van der Waals surface area contributed by atoms with Crippen LogP contribution in [-0.2, 0) is 4.79 Å². The average Bonchev–Trinajstić information content (AvgIpc) is 2.46. The first-order valence-electron chi connectivity index (χ1n) is 6.61. The summed E-state index contributed by atoms with van der Waals surface area (Å²) < 4.78 is 26.6. The van der Waals surface area contributed by atoms with Crippen LogP contribution < -0.4 is 5.32 Å². The molecule has 0 atom stereocenters. The molecule has 0 aromatic heterocycles. The molecule has 4 nitrogen and oxygen atoms in total. The van der Waals surface area contributed by atoms with Crippen LogP contribution in [0.5, 0.6) is 0 Å². The van der Waals surface area contributed by atoms with E-state index in [1.54, 1.807) is 4.90 Å². The van der Waals surface area contributed by atoms with Crippen molar-refractivity contribution in [2.45, 2.75) is 20.3 Å². The van der Waals surface area contributed by atoms with Crippen LogP contribution in [0, 0.1) is 11.6 Å². The van der Waals surface area contributed by atoms with Gasteiger partial charge < -0.3 is 10.2 Å². The third-order valence-corrected chi connectivity index (χ3v) is 3.37. The highest BCUT2D eigenvalue weighted by Crippen LogP contribution is 2.21. The lowest BCUT2D eigenvalue weighted by molar-refractivity contribution is -0.130. The van der Waals surface area contributed by atoms with Crippen LogP contribution in [0.15, 0.2) is 12.1 Å². The normalized spacial score (nSPS) is 10.3. The smallest absolute Gasteiger partial charge is 0.254 e. The van der Waals surface area contributed by atoms with Gasteiger partial charge in [0.05, 0.1) is 5.56 Å². The highest BCUT2D eigenvalue weighted by Gasteiger charge is 2.17. The molecule has 1 aromatic rings. The van der Waals surface area contributed by atoms with Crippen molar-refractivity contribution in [3.63, 3.8) is 0 Å². The maximum absolute atomic E-state index is 13.6. The molecule has 0 bridgehead atoms. The van der Waals surface area contributed by atoms with Crippen molar-refractivity contribution in [2.24, 2.45) is 0 Å². The Morgan fingerprint density at radius 2 is 1.86 bits per heavy atom. The van der Waals surface area contributed by atoms with Gasteiger partial charge in [0.2, 0.25) is 5.91 Å². The predicted octanol–water partition coefficient (Wildman–Crippen LogP) is 2.61. The zero-order chi connectivity index (χ0) is 16.0. The first kappa shape index (κ1) is 17.4.